The molecule has 3 rings (SSSR count). The van der Waals surface area contributed by atoms with E-state index >= 15 is 0 Å². The normalized spacial score (nSPS) is 20.5. The van der Waals surface area contributed by atoms with Crippen LogP contribution in [0.2, 0.25) is 0 Å². The van der Waals surface area contributed by atoms with Crippen LogP contribution in [0.3, 0.4) is 0 Å². The fourth-order valence-electron chi connectivity index (χ4n) is 2.37. The summed E-state index contributed by atoms with van der Waals surface area (Å²) in [5, 5.41) is 2.66. The summed E-state index contributed by atoms with van der Waals surface area (Å²) in [6, 6.07) is 14.6. The number of rotatable bonds is 3. The van der Waals surface area contributed by atoms with Gasteiger partial charge in [0.15, 0.2) is 0 Å². The summed E-state index contributed by atoms with van der Waals surface area (Å²) < 4.78 is 14.3. The van der Waals surface area contributed by atoms with Gasteiger partial charge < -0.3 is 5.32 Å². The minimum absolute atomic E-state index is 0.0551. The molecule has 1 aliphatic rings. The summed E-state index contributed by atoms with van der Waals surface area (Å²) in [6.45, 7) is 0. The van der Waals surface area contributed by atoms with Gasteiger partial charge in [-0.2, -0.15) is 0 Å². The van der Waals surface area contributed by atoms with E-state index < -0.39 is 5.82 Å². The molecule has 2 aromatic rings. The molecule has 0 radical (unpaired) electrons. The molecule has 102 valence electrons. The zero-order valence-electron chi connectivity index (χ0n) is 10.6. The summed E-state index contributed by atoms with van der Waals surface area (Å²) in [5.74, 6) is -0.333. The Bertz CT molecular complexity index is 644. The highest BCUT2D eigenvalue weighted by Gasteiger charge is 2.43. The van der Waals surface area contributed by atoms with E-state index in [-0.39, 0.29) is 23.4 Å². The second-order valence-electron chi connectivity index (χ2n) is 4.97. The lowest BCUT2D eigenvalue weighted by Gasteiger charge is -2.06. The number of halogens is 2. The Morgan fingerprint density at radius 1 is 1.20 bits per heavy atom. The third-order valence-electron chi connectivity index (χ3n) is 3.54. The molecule has 2 aromatic carbocycles. The monoisotopic (exact) mass is 333 g/mol. The van der Waals surface area contributed by atoms with Gasteiger partial charge in [-0.15, -0.1) is 0 Å². The molecule has 2 atom stereocenters. The highest BCUT2D eigenvalue weighted by Crippen LogP contribution is 2.47. The van der Waals surface area contributed by atoms with E-state index in [0.29, 0.717) is 4.47 Å². The molecule has 0 spiro atoms. The number of amides is 1. The van der Waals surface area contributed by atoms with Crippen LogP contribution >= 0.6 is 15.9 Å². The standard InChI is InChI=1S/C16H13BrFNO/c17-11-6-7-15(14(18)8-11)19-16(20)13-9-12(13)10-4-2-1-3-5-10/h1-8,12-13H,9H2,(H,19,20)/t12-,13-/m0/s1. The molecule has 4 heteroatoms. The van der Waals surface area contributed by atoms with Crippen LogP contribution in [0.15, 0.2) is 53.0 Å². The molecule has 0 heterocycles. The van der Waals surface area contributed by atoms with Gasteiger partial charge in [-0.25, -0.2) is 4.39 Å². The molecule has 1 amide bonds. The summed E-state index contributed by atoms with van der Waals surface area (Å²) in [6.07, 6.45) is 0.827. The first-order valence-corrected chi connectivity index (χ1v) is 7.25. The van der Waals surface area contributed by atoms with E-state index in [1.54, 1.807) is 12.1 Å². The van der Waals surface area contributed by atoms with Gasteiger partial charge in [0.25, 0.3) is 0 Å². The van der Waals surface area contributed by atoms with Gasteiger partial charge in [-0.1, -0.05) is 46.3 Å². The summed E-state index contributed by atoms with van der Waals surface area (Å²) in [5.41, 5.74) is 1.40. The maximum absolute atomic E-state index is 13.7. The third kappa shape index (κ3) is 2.75. The topological polar surface area (TPSA) is 29.1 Å². The lowest BCUT2D eigenvalue weighted by Crippen LogP contribution is -2.15. The highest BCUT2D eigenvalue weighted by atomic mass is 79.9. The van der Waals surface area contributed by atoms with Crippen LogP contribution in [0.5, 0.6) is 0 Å². The Balaban J connectivity index is 1.67. The van der Waals surface area contributed by atoms with Crippen molar-refractivity contribution in [3.63, 3.8) is 0 Å². The number of carbonyl (C=O) groups excluding carboxylic acids is 1. The van der Waals surface area contributed by atoms with Crippen molar-refractivity contribution in [2.24, 2.45) is 5.92 Å². The lowest BCUT2D eigenvalue weighted by atomic mass is 10.1. The average molecular weight is 334 g/mol. The van der Waals surface area contributed by atoms with Crippen molar-refractivity contribution in [1.29, 1.82) is 0 Å². The second-order valence-corrected chi connectivity index (χ2v) is 5.89. The highest BCUT2D eigenvalue weighted by molar-refractivity contribution is 9.10. The molecule has 2 nitrogen and oxygen atoms in total. The van der Waals surface area contributed by atoms with Crippen molar-refractivity contribution in [1.82, 2.24) is 0 Å². The predicted molar refractivity (Wildman–Crippen MR) is 80.0 cm³/mol. The third-order valence-corrected chi connectivity index (χ3v) is 4.04. The number of hydrogen-bond acceptors (Lipinski definition) is 1. The van der Waals surface area contributed by atoms with Crippen molar-refractivity contribution in [2.45, 2.75) is 12.3 Å². The molecule has 0 aliphatic heterocycles. The first-order valence-electron chi connectivity index (χ1n) is 6.46. The zero-order valence-corrected chi connectivity index (χ0v) is 12.2. The molecule has 20 heavy (non-hydrogen) atoms. The quantitative estimate of drug-likeness (QED) is 0.889. The number of hydrogen-bond donors (Lipinski definition) is 1. The smallest absolute Gasteiger partial charge is 0.228 e. The Kier molecular flexibility index (Phi) is 3.57. The molecule has 1 N–H and O–H groups in total. The molecule has 0 bridgehead atoms. The number of benzene rings is 2. The van der Waals surface area contributed by atoms with Gasteiger partial charge in [0.05, 0.1) is 5.69 Å². The van der Waals surface area contributed by atoms with Crippen LogP contribution in [0.25, 0.3) is 0 Å². The Morgan fingerprint density at radius 2 is 1.95 bits per heavy atom. The van der Waals surface area contributed by atoms with Crippen LogP contribution < -0.4 is 5.32 Å². The Labute approximate surface area is 125 Å². The number of carbonyl (C=O) groups is 1. The van der Waals surface area contributed by atoms with E-state index in [1.165, 1.54) is 11.6 Å². The molecular weight excluding hydrogens is 321 g/mol. The van der Waals surface area contributed by atoms with E-state index in [2.05, 4.69) is 21.2 Å². The molecule has 1 aliphatic carbocycles. The minimum Gasteiger partial charge on any atom is -0.323 e. The van der Waals surface area contributed by atoms with E-state index in [1.807, 2.05) is 30.3 Å². The van der Waals surface area contributed by atoms with Crippen LogP contribution in [0.1, 0.15) is 17.9 Å². The fraction of sp³-hybridized carbons (Fsp3) is 0.188. The maximum Gasteiger partial charge on any atom is 0.228 e. The largest absolute Gasteiger partial charge is 0.323 e. The van der Waals surface area contributed by atoms with E-state index in [9.17, 15) is 9.18 Å². The first kappa shape index (κ1) is 13.3. The van der Waals surface area contributed by atoms with Crippen molar-refractivity contribution >= 4 is 27.5 Å². The van der Waals surface area contributed by atoms with Crippen LogP contribution in [0, 0.1) is 11.7 Å². The van der Waals surface area contributed by atoms with E-state index in [4.69, 9.17) is 0 Å². The first-order chi connectivity index (χ1) is 9.65. The fourth-order valence-corrected chi connectivity index (χ4v) is 2.70. The van der Waals surface area contributed by atoms with Crippen molar-refractivity contribution in [2.75, 3.05) is 5.32 Å². The number of anilines is 1. The van der Waals surface area contributed by atoms with Gasteiger partial charge in [-0.05, 0) is 36.1 Å². The van der Waals surface area contributed by atoms with Crippen LogP contribution in [-0.4, -0.2) is 5.91 Å². The van der Waals surface area contributed by atoms with Crippen LogP contribution in [0.4, 0.5) is 10.1 Å². The van der Waals surface area contributed by atoms with Gasteiger partial charge in [0, 0.05) is 10.4 Å². The summed E-state index contributed by atoms with van der Waals surface area (Å²) in [7, 11) is 0. The zero-order chi connectivity index (χ0) is 14.1. The summed E-state index contributed by atoms with van der Waals surface area (Å²) in [4.78, 5) is 12.1. The number of nitrogens with one attached hydrogen (secondary N) is 1. The molecular formula is C16H13BrFNO. The van der Waals surface area contributed by atoms with Gasteiger partial charge in [0.2, 0.25) is 5.91 Å². The lowest BCUT2D eigenvalue weighted by molar-refractivity contribution is -0.117. The molecule has 1 fully saturated rings. The Morgan fingerprint density at radius 3 is 2.65 bits per heavy atom. The Hall–Kier alpha value is -1.68. The second kappa shape index (κ2) is 5.37. The SMILES string of the molecule is O=C(Nc1ccc(Br)cc1F)[C@H]1C[C@H]1c1ccccc1. The van der Waals surface area contributed by atoms with E-state index in [0.717, 1.165) is 6.42 Å². The molecule has 0 saturated heterocycles. The van der Waals surface area contributed by atoms with Crippen molar-refractivity contribution in [3.8, 4) is 0 Å². The van der Waals surface area contributed by atoms with Crippen molar-refractivity contribution in [3.05, 3.63) is 64.4 Å². The van der Waals surface area contributed by atoms with Gasteiger partial charge >= 0.3 is 0 Å². The van der Waals surface area contributed by atoms with Gasteiger partial charge in [-0.3, -0.25) is 4.79 Å². The molecule has 0 unspecified atom stereocenters. The molecule has 0 aromatic heterocycles. The van der Waals surface area contributed by atoms with Crippen LogP contribution in [-0.2, 0) is 4.79 Å². The van der Waals surface area contributed by atoms with Gasteiger partial charge in [0.1, 0.15) is 5.82 Å². The molecule has 1 saturated carbocycles. The average Bonchev–Trinajstić information content (AvgIpc) is 3.23. The van der Waals surface area contributed by atoms with Crippen molar-refractivity contribution < 1.29 is 9.18 Å². The summed E-state index contributed by atoms with van der Waals surface area (Å²) >= 11 is 3.19. The predicted octanol–water partition coefficient (Wildman–Crippen LogP) is 4.33. The maximum atomic E-state index is 13.7. The minimum atomic E-state index is -0.426.